The molecule has 0 fully saturated rings. The second-order valence-electron chi connectivity index (χ2n) is 6.30. The van der Waals surface area contributed by atoms with Gasteiger partial charge in [-0.05, 0) is 57.0 Å². The van der Waals surface area contributed by atoms with Crippen LogP contribution in [0.1, 0.15) is 37.0 Å². The van der Waals surface area contributed by atoms with Gasteiger partial charge in [-0.1, -0.05) is 13.0 Å². The van der Waals surface area contributed by atoms with Crippen LogP contribution in [-0.4, -0.2) is 29.1 Å². The average molecular weight is 353 g/mol. The van der Waals surface area contributed by atoms with Gasteiger partial charge < -0.3 is 15.6 Å². The molecular formula is C21H27N3O2. The third kappa shape index (κ3) is 4.42. The number of aryl methyl sites for hydroxylation is 1. The van der Waals surface area contributed by atoms with Crippen LogP contribution >= 0.6 is 0 Å². The van der Waals surface area contributed by atoms with Crippen LogP contribution in [0.2, 0.25) is 0 Å². The smallest absolute Gasteiger partial charge is 0.126 e. The Bertz CT molecular complexity index is 824. The first-order valence-corrected chi connectivity index (χ1v) is 8.71. The Morgan fingerprint density at radius 2 is 2.08 bits per heavy atom. The van der Waals surface area contributed by atoms with Crippen LogP contribution < -0.4 is 10.5 Å². The number of amidine groups is 1. The van der Waals surface area contributed by atoms with E-state index in [-0.39, 0.29) is 5.76 Å². The Balaban J connectivity index is 2.52. The maximum Gasteiger partial charge on any atom is 0.126 e. The molecule has 138 valence electrons. The van der Waals surface area contributed by atoms with E-state index < -0.39 is 6.04 Å². The number of hydrogen-bond donors (Lipinski definition) is 2. The first-order valence-electron chi connectivity index (χ1n) is 8.71. The fourth-order valence-corrected chi connectivity index (χ4v) is 2.68. The van der Waals surface area contributed by atoms with Gasteiger partial charge in [-0.2, -0.15) is 0 Å². The van der Waals surface area contributed by atoms with Gasteiger partial charge in [0.05, 0.1) is 12.8 Å². The zero-order valence-corrected chi connectivity index (χ0v) is 16.1. The molecule has 0 aliphatic rings. The predicted molar refractivity (Wildman–Crippen MR) is 107 cm³/mol. The minimum absolute atomic E-state index is 0.219. The largest absolute Gasteiger partial charge is 0.510 e. The van der Waals surface area contributed by atoms with Gasteiger partial charge in [0.15, 0.2) is 0 Å². The van der Waals surface area contributed by atoms with Crippen LogP contribution in [0.3, 0.4) is 0 Å². The van der Waals surface area contributed by atoms with Gasteiger partial charge in [-0.3, -0.25) is 9.98 Å². The molecule has 1 heterocycles. The van der Waals surface area contributed by atoms with Gasteiger partial charge in [0.1, 0.15) is 23.4 Å². The lowest BCUT2D eigenvalue weighted by Gasteiger charge is -2.15. The highest BCUT2D eigenvalue weighted by Crippen LogP contribution is 2.29. The molecular weight excluding hydrogens is 326 g/mol. The number of benzene rings is 1. The monoisotopic (exact) mass is 353 g/mol. The first kappa shape index (κ1) is 19.5. The van der Waals surface area contributed by atoms with Crippen LogP contribution in [0.4, 0.5) is 0 Å². The van der Waals surface area contributed by atoms with Crippen LogP contribution in [0.25, 0.3) is 11.3 Å². The summed E-state index contributed by atoms with van der Waals surface area (Å²) in [7, 11) is 1.63. The van der Waals surface area contributed by atoms with Crippen molar-refractivity contribution in [1.29, 1.82) is 0 Å². The number of ether oxygens (including phenoxy) is 1. The van der Waals surface area contributed by atoms with Crippen LogP contribution in [0, 0.1) is 13.8 Å². The minimum Gasteiger partial charge on any atom is -0.510 e. The molecule has 3 N–H and O–H groups in total. The molecule has 1 atom stereocenters. The van der Waals surface area contributed by atoms with Crippen LogP contribution in [-0.2, 0) is 0 Å². The Morgan fingerprint density at radius 3 is 2.65 bits per heavy atom. The van der Waals surface area contributed by atoms with Gasteiger partial charge in [-0.15, -0.1) is 0 Å². The lowest BCUT2D eigenvalue weighted by molar-refractivity contribution is 0.372. The normalized spacial score (nSPS) is 13.6. The zero-order valence-electron chi connectivity index (χ0n) is 16.1. The van der Waals surface area contributed by atoms with E-state index in [9.17, 15) is 5.11 Å². The number of rotatable bonds is 6. The summed E-state index contributed by atoms with van der Waals surface area (Å²) in [5.41, 5.74) is 10.8. The van der Waals surface area contributed by atoms with Crippen molar-refractivity contribution in [3.63, 3.8) is 0 Å². The highest BCUT2D eigenvalue weighted by Gasteiger charge is 2.14. The van der Waals surface area contributed by atoms with E-state index >= 15 is 0 Å². The van der Waals surface area contributed by atoms with E-state index in [1.165, 1.54) is 0 Å². The molecule has 0 amide bonds. The quantitative estimate of drug-likeness (QED) is 0.460. The van der Waals surface area contributed by atoms with Gasteiger partial charge >= 0.3 is 0 Å². The predicted octanol–water partition coefficient (Wildman–Crippen LogP) is 4.32. The standard InChI is InChI=1S/C21H27N3O2/c1-6-7-19(25)15(4)24-21(22)17-10-16(11-20(26-5)14(17)3)18-9-8-13(2)12-23-18/h7-12,15,25H,6H2,1-5H3,(H2,22,24)/b19-7+. The molecule has 5 heteroatoms. The molecule has 0 aliphatic carbocycles. The van der Waals surface area contributed by atoms with Crippen molar-refractivity contribution >= 4 is 5.84 Å². The molecule has 0 aliphatic heterocycles. The Kier molecular flexibility index (Phi) is 6.39. The van der Waals surface area contributed by atoms with Crippen LogP contribution in [0.15, 0.2) is 47.3 Å². The molecule has 0 saturated heterocycles. The van der Waals surface area contributed by atoms with Gasteiger partial charge in [0.2, 0.25) is 0 Å². The summed E-state index contributed by atoms with van der Waals surface area (Å²) in [6, 6.07) is 7.49. The number of nitrogens with zero attached hydrogens (tertiary/aromatic N) is 2. The van der Waals surface area contributed by atoms with Crippen molar-refractivity contribution in [1.82, 2.24) is 4.98 Å². The minimum atomic E-state index is -0.401. The average Bonchev–Trinajstić information content (AvgIpc) is 2.62. The highest BCUT2D eigenvalue weighted by atomic mass is 16.5. The van der Waals surface area contributed by atoms with Crippen molar-refractivity contribution in [2.24, 2.45) is 10.7 Å². The Morgan fingerprint density at radius 1 is 1.35 bits per heavy atom. The molecule has 0 spiro atoms. The fourth-order valence-electron chi connectivity index (χ4n) is 2.68. The summed E-state index contributed by atoms with van der Waals surface area (Å²) in [5, 5.41) is 10.0. The van der Waals surface area contributed by atoms with Gasteiger partial charge in [-0.25, -0.2) is 0 Å². The number of pyridine rings is 1. The molecule has 1 aromatic heterocycles. The second-order valence-corrected chi connectivity index (χ2v) is 6.30. The number of nitrogens with two attached hydrogens (primary N) is 1. The third-order valence-corrected chi connectivity index (χ3v) is 4.24. The van der Waals surface area contributed by atoms with Crippen molar-refractivity contribution in [3.8, 4) is 17.0 Å². The Hall–Kier alpha value is -2.82. The summed E-state index contributed by atoms with van der Waals surface area (Å²) < 4.78 is 5.51. The number of aliphatic hydroxyl groups is 1. The van der Waals surface area contributed by atoms with Crippen LogP contribution in [0.5, 0.6) is 5.75 Å². The number of aliphatic hydroxyl groups excluding tert-OH is 1. The number of aromatic nitrogens is 1. The zero-order chi connectivity index (χ0) is 19.3. The van der Waals surface area contributed by atoms with Gasteiger partial charge in [0.25, 0.3) is 0 Å². The maximum atomic E-state index is 10.0. The summed E-state index contributed by atoms with van der Waals surface area (Å²) in [6.07, 6.45) is 4.31. The lowest BCUT2D eigenvalue weighted by atomic mass is 10.00. The Labute approximate surface area is 155 Å². The number of methoxy groups -OCH3 is 1. The van der Waals surface area contributed by atoms with E-state index in [0.717, 1.165) is 40.1 Å². The van der Waals surface area contributed by atoms with Crippen molar-refractivity contribution in [2.75, 3.05) is 7.11 Å². The lowest BCUT2D eigenvalue weighted by Crippen LogP contribution is -2.19. The molecule has 1 aromatic carbocycles. The number of hydrogen-bond acceptors (Lipinski definition) is 4. The summed E-state index contributed by atoms with van der Waals surface area (Å²) in [4.78, 5) is 8.93. The number of allylic oxidation sites excluding steroid dienone is 1. The van der Waals surface area contributed by atoms with Crippen molar-refractivity contribution in [2.45, 2.75) is 40.2 Å². The molecule has 0 radical (unpaired) electrons. The van der Waals surface area contributed by atoms with E-state index in [2.05, 4.69) is 9.98 Å². The second kappa shape index (κ2) is 8.52. The maximum absolute atomic E-state index is 10.0. The van der Waals surface area contributed by atoms with Crippen molar-refractivity contribution < 1.29 is 9.84 Å². The van der Waals surface area contributed by atoms with E-state index in [1.807, 2.05) is 58.2 Å². The topological polar surface area (TPSA) is 80.7 Å². The third-order valence-electron chi connectivity index (χ3n) is 4.24. The van der Waals surface area contributed by atoms with Crippen molar-refractivity contribution in [3.05, 3.63) is 59.0 Å². The molecule has 2 rings (SSSR count). The molecule has 0 saturated carbocycles. The van der Waals surface area contributed by atoms with E-state index in [1.54, 1.807) is 13.2 Å². The SMILES string of the molecule is CC/C=C(/O)C(C)N=C(N)c1cc(-c2ccc(C)cn2)cc(OC)c1C. The van der Waals surface area contributed by atoms with E-state index in [0.29, 0.717) is 5.84 Å². The molecule has 5 nitrogen and oxygen atoms in total. The molecule has 26 heavy (non-hydrogen) atoms. The molecule has 1 unspecified atom stereocenters. The number of aliphatic imine (C=N–C) groups is 1. The summed E-state index contributed by atoms with van der Waals surface area (Å²) >= 11 is 0. The van der Waals surface area contributed by atoms with E-state index in [4.69, 9.17) is 10.5 Å². The summed E-state index contributed by atoms with van der Waals surface area (Å²) in [5.74, 6) is 1.30. The highest BCUT2D eigenvalue weighted by molar-refractivity contribution is 6.00. The molecule has 2 aromatic rings. The fraction of sp³-hybridized carbons (Fsp3) is 0.333. The summed E-state index contributed by atoms with van der Waals surface area (Å²) in [6.45, 7) is 7.71. The molecule has 0 bridgehead atoms. The van der Waals surface area contributed by atoms with Gasteiger partial charge in [0, 0.05) is 22.9 Å². The first-order chi connectivity index (χ1) is 12.4.